The normalized spacial score (nSPS) is 17.4. The molecule has 0 atom stereocenters. The Bertz CT molecular complexity index is 153. The van der Waals surface area contributed by atoms with Crippen LogP contribution in [0.5, 0.6) is 0 Å². The molecule has 1 aliphatic carbocycles. The van der Waals surface area contributed by atoms with Crippen LogP contribution in [0.4, 0.5) is 0 Å². The molecule has 1 fully saturated rings. The van der Waals surface area contributed by atoms with E-state index in [-0.39, 0.29) is 0 Å². The second kappa shape index (κ2) is 7.20. The zero-order chi connectivity index (χ0) is 11.1. The van der Waals surface area contributed by atoms with E-state index in [1.165, 1.54) is 32.4 Å². The van der Waals surface area contributed by atoms with Gasteiger partial charge in [-0.15, -0.1) is 0 Å². The first-order valence-electron chi connectivity index (χ1n) is 6.48. The highest BCUT2D eigenvalue weighted by atomic mass is 15.2. The molecule has 2 N–H and O–H groups in total. The smallest absolute Gasteiger partial charge is 0.0113 e. The molecule has 0 aromatic carbocycles. The maximum absolute atomic E-state index is 5.66. The minimum Gasteiger partial charge on any atom is -0.329 e. The van der Waals surface area contributed by atoms with Crippen molar-refractivity contribution >= 4 is 0 Å². The molecule has 0 heterocycles. The summed E-state index contributed by atoms with van der Waals surface area (Å²) < 4.78 is 0. The van der Waals surface area contributed by atoms with Gasteiger partial charge in [0.15, 0.2) is 0 Å². The van der Waals surface area contributed by atoms with Gasteiger partial charge < -0.3 is 10.6 Å². The number of hydrogen-bond donors (Lipinski definition) is 1. The van der Waals surface area contributed by atoms with Crippen LogP contribution in [0.25, 0.3) is 0 Å². The fraction of sp³-hybridized carbons (Fsp3) is 1.00. The molecular formula is C12H27N3. The van der Waals surface area contributed by atoms with Crippen LogP contribution < -0.4 is 5.73 Å². The van der Waals surface area contributed by atoms with Gasteiger partial charge in [0.1, 0.15) is 0 Å². The summed E-state index contributed by atoms with van der Waals surface area (Å²) in [5.41, 5.74) is 5.66. The Kier molecular flexibility index (Phi) is 6.22. The molecule has 3 heteroatoms. The Hall–Kier alpha value is -0.120. The van der Waals surface area contributed by atoms with E-state index < -0.39 is 0 Å². The quantitative estimate of drug-likeness (QED) is 0.656. The van der Waals surface area contributed by atoms with Crippen LogP contribution in [0.3, 0.4) is 0 Å². The molecule has 0 aromatic heterocycles. The van der Waals surface area contributed by atoms with Crippen molar-refractivity contribution in [2.75, 3.05) is 39.3 Å². The van der Waals surface area contributed by atoms with Crippen molar-refractivity contribution in [1.29, 1.82) is 0 Å². The average molecular weight is 213 g/mol. The van der Waals surface area contributed by atoms with E-state index in [0.717, 1.165) is 32.2 Å². The lowest BCUT2D eigenvalue weighted by Crippen LogP contribution is -2.46. The largest absolute Gasteiger partial charge is 0.329 e. The summed E-state index contributed by atoms with van der Waals surface area (Å²) in [6.45, 7) is 11.1. The predicted octanol–water partition coefficient (Wildman–Crippen LogP) is 1.14. The summed E-state index contributed by atoms with van der Waals surface area (Å²) in [7, 11) is 0. The summed E-state index contributed by atoms with van der Waals surface area (Å²) in [6, 6.07) is 0.837. The van der Waals surface area contributed by atoms with E-state index in [0.29, 0.717) is 0 Å². The van der Waals surface area contributed by atoms with Crippen molar-refractivity contribution in [3.8, 4) is 0 Å². The SMILES string of the molecule is CCN(CC)CCN(CCN)C1CCC1. The first kappa shape index (κ1) is 12.9. The highest BCUT2D eigenvalue weighted by Gasteiger charge is 2.24. The van der Waals surface area contributed by atoms with Gasteiger partial charge in [0.25, 0.3) is 0 Å². The van der Waals surface area contributed by atoms with Crippen molar-refractivity contribution in [3.05, 3.63) is 0 Å². The van der Waals surface area contributed by atoms with Gasteiger partial charge in [0.05, 0.1) is 0 Å². The van der Waals surface area contributed by atoms with Gasteiger partial charge in [-0.05, 0) is 25.9 Å². The van der Waals surface area contributed by atoms with Crippen molar-refractivity contribution in [2.45, 2.75) is 39.2 Å². The molecule has 0 unspecified atom stereocenters. The third-order valence-electron chi connectivity index (χ3n) is 3.61. The highest BCUT2D eigenvalue weighted by Crippen LogP contribution is 2.24. The Labute approximate surface area is 94.6 Å². The van der Waals surface area contributed by atoms with Crippen molar-refractivity contribution in [3.63, 3.8) is 0 Å². The maximum Gasteiger partial charge on any atom is 0.0113 e. The van der Waals surface area contributed by atoms with Gasteiger partial charge >= 0.3 is 0 Å². The number of nitrogens with zero attached hydrogens (tertiary/aromatic N) is 2. The fourth-order valence-electron chi connectivity index (χ4n) is 2.20. The molecule has 0 spiro atoms. The minimum atomic E-state index is 0.800. The van der Waals surface area contributed by atoms with Crippen LogP contribution in [0, 0.1) is 0 Å². The number of rotatable bonds is 8. The lowest BCUT2D eigenvalue weighted by molar-refractivity contribution is 0.114. The van der Waals surface area contributed by atoms with Crippen LogP contribution in [-0.2, 0) is 0 Å². The number of nitrogens with two attached hydrogens (primary N) is 1. The van der Waals surface area contributed by atoms with E-state index >= 15 is 0 Å². The standard InChI is InChI=1S/C12H27N3/c1-3-14(4-2)10-11-15(9-8-13)12-6-5-7-12/h12H,3-11,13H2,1-2H3. The third-order valence-corrected chi connectivity index (χ3v) is 3.61. The Morgan fingerprint density at radius 2 is 1.73 bits per heavy atom. The Morgan fingerprint density at radius 1 is 1.07 bits per heavy atom. The molecule has 1 aliphatic rings. The zero-order valence-electron chi connectivity index (χ0n) is 10.4. The van der Waals surface area contributed by atoms with Gasteiger partial charge in [0.2, 0.25) is 0 Å². The fourth-order valence-corrected chi connectivity index (χ4v) is 2.20. The molecule has 0 saturated heterocycles. The van der Waals surface area contributed by atoms with Gasteiger partial charge in [-0.25, -0.2) is 0 Å². The van der Waals surface area contributed by atoms with Crippen molar-refractivity contribution in [2.24, 2.45) is 5.73 Å². The lowest BCUT2D eigenvalue weighted by Gasteiger charge is -2.38. The second-order valence-electron chi connectivity index (χ2n) is 4.44. The van der Waals surface area contributed by atoms with E-state index in [9.17, 15) is 0 Å². The third kappa shape index (κ3) is 4.09. The molecule has 0 aliphatic heterocycles. The first-order chi connectivity index (χ1) is 7.31. The molecule has 90 valence electrons. The molecule has 0 amide bonds. The summed E-state index contributed by atoms with van der Waals surface area (Å²) in [5, 5.41) is 0. The summed E-state index contributed by atoms with van der Waals surface area (Å²) >= 11 is 0. The lowest BCUT2D eigenvalue weighted by atomic mass is 9.91. The molecule has 0 aromatic rings. The van der Waals surface area contributed by atoms with E-state index in [1.54, 1.807) is 0 Å². The number of likely N-dealkylation sites (N-methyl/N-ethyl adjacent to an activating group) is 1. The summed E-state index contributed by atoms with van der Waals surface area (Å²) in [6.07, 6.45) is 4.19. The molecule has 0 radical (unpaired) electrons. The molecule has 1 saturated carbocycles. The minimum absolute atomic E-state index is 0.800. The first-order valence-corrected chi connectivity index (χ1v) is 6.48. The van der Waals surface area contributed by atoms with Crippen LogP contribution >= 0.6 is 0 Å². The summed E-state index contributed by atoms with van der Waals surface area (Å²) in [5.74, 6) is 0. The highest BCUT2D eigenvalue weighted by molar-refractivity contribution is 4.80. The maximum atomic E-state index is 5.66. The van der Waals surface area contributed by atoms with Crippen molar-refractivity contribution < 1.29 is 0 Å². The van der Waals surface area contributed by atoms with Gasteiger partial charge in [-0.1, -0.05) is 20.3 Å². The van der Waals surface area contributed by atoms with Crippen LogP contribution in [0.15, 0.2) is 0 Å². The van der Waals surface area contributed by atoms with E-state index in [4.69, 9.17) is 5.73 Å². The van der Waals surface area contributed by atoms with Gasteiger partial charge in [0, 0.05) is 32.2 Å². The van der Waals surface area contributed by atoms with Crippen molar-refractivity contribution in [1.82, 2.24) is 9.80 Å². The Balaban J connectivity index is 2.23. The molecule has 15 heavy (non-hydrogen) atoms. The van der Waals surface area contributed by atoms with Crippen LogP contribution in [-0.4, -0.2) is 55.1 Å². The molecule has 1 rings (SSSR count). The topological polar surface area (TPSA) is 32.5 Å². The molecule has 0 bridgehead atoms. The molecular weight excluding hydrogens is 186 g/mol. The predicted molar refractivity (Wildman–Crippen MR) is 66.1 cm³/mol. The molecule has 3 nitrogen and oxygen atoms in total. The zero-order valence-corrected chi connectivity index (χ0v) is 10.4. The van der Waals surface area contributed by atoms with Gasteiger partial charge in [-0.2, -0.15) is 0 Å². The number of hydrogen-bond acceptors (Lipinski definition) is 3. The monoisotopic (exact) mass is 213 g/mol. The van der Waals surface area contributed by atoms with E-state index in [1.807, 2.05) is 0 Å². The van der Waals surface area contributed by atoms with E-state index in [2.05, 4.69) is 23.6 Å². The van der Waals surface area contributed by atoms with Crippen LogP contribution in [0.2, 0.25) is 0 Å². The second-order valence-corrected chi connectivity index (χ2v) is 4.44. The van der Waals surface area contributed by atoms with Crippen LogP contribution in [0.1, 0.15) is 33.1 Å². The Morgan fingerprint density at radius 3 is 2.13 bits per heavy atom. The average Bonchev–Trinajstić information content (AvgIpc) is 2.17. The summed E-state index contributed by atoms with van der Waals surface area (Å²) in [4.78, 5) is 5.07. The van der Waals surface area contributed by atoms with Gasteiger partial charge in [-0.3, -0.25) is 4.90 Å².